The molecule has 1 aromatic heterocycles. The van der Waals surface area contributed by atoms with Gasteiger partial charge in [0.05, 0.1) is 10.6 Å². The van der Waals surface area contributed by atoms with E-state index in [1.807, 2.05) is 18.2 Å². The summed E-state index contributed by atoms with van der Waals surface area (Å²) in [7, 11) is 0. The van der Waals surface area contributed by atoms with E-state index >= 15 is 0 Å². The van der Waals surface area contributed by atoms with E-state index in [4.69, 9.17) is 16.0 Å². The van der Waals surface area contributed by atoms with Gasteiger partial charge in [0.25, 0.3) is 0 Å². The molecule has 0 bridgehead atoms. The van der Waals surface area contributed by atoms with Gasteiger partial charge >= 0.3 is 0 Å². The summed E-state index contributed by atoms with van der Waals surface area (Å²) in [4.78, 5) is 15.4. The Morgan fingerprint density at radius 1 is 1.25 bits per heavy atom. The predicted molar refractivity (Wildman–Crippen MR) is 78.8 cm³/mol. The zero-order valence-corrected chi connectivity index (χ0v) is 11.4. The molecule has 0 saturated heterocycles. The van der Waals surface area contributed by atoms with Crippen molar-refractivity contribution in [2.24, 2.45) is 0 Å². The van der Waals surface area contributed by atoms with Gasteiger partial charge in [0.15, 0.2) is 5.58 Å². The Morgan fingerprint density at radius 3 is 2.80 bits per heavy atom. The number of anilines is 1. The first-order valence-electron chi connectivity index (χ1n) is 6.06. The minimum absolute atomic E-state index is 0.129. The molecule has 5 heteroatoms. The van der Waals surface area contributed by atoms with E-state index in [-0.39, 0.29) is 5.91 Å². The van der Waals surface area contributed by atoms with Gasteiger partial charge in [-0.2, -0.15) is 0 Å². The first-order valence-corrected chi connectivity index (χ1v) is 6.44. The molecule has 2 aromatic carbocycles. The SMILES string of the molecule is CC(=O)Nc1ccc2nc(-c3ccccc3Cl)oc2c1. The number of aromatic nitrogens is 1. The van der Waals surface area contributed by atoms with Gasteiger partial charge in [0.1, 0.15) is 5.52 Å². The number of halogens is 1. The molecule has 0 saturated carbocycles. The van der Waals surface area contributed by atoms with Crippen LogP contribution in [-0.4, -0.2) is 10.9 Å². The number of nitrogens with one attached hydrogen (secondary N) is 1. The average molecular weight is 287 g/mol. The van der Waals surface area contributed by atoms with E-state index in [0.717, 1.165) is 5.56 Å². The Labute approximate surface area is 120 Å². The molecular formula is C15H11ClN2O2. The monoisotopic (exact) mass is 286 g/mol. The normalized spacial score (nSPS) is 10.7. The summed E-state index contributed by atoms with van der Waals surface area (Å²) in [5.41, 5.74) is 2.73. The lowest BCUT2D eigenvalue weighted by molar-refractivity contribution is -0.114. The van der Waals surface area contributed by atoms with Crippen LogP contribution in [0.5, 0.6) is 0 Å². The number of oxazole rings is 1. The second-order valence-corrected chi connectivity index (χ2v) is 4.77. The van der Waals surface area contributed by atoms with Crippen molar-refractivity contribution in [1.82, 2.24) is 4.98 Å². The fourth-order valence-electron chi connectivity index (χ4n) is 1.96. The molecule has 0 atom stereocenters. The smallest absolute Gasteiger partial charge is 0.228 e. The average Bonchev–Trinajstić information content (AvgIpc) is 2.81. The van der Waals surface area contributed by atoms with E-state index in [0.29, 0.717) is 27.7 Å². The van der Waals surface area contributed by atoms with Crippen molar-refractivity contribution in [3.63, 3.8) is 0 Å². The first kappa shape index (κ1) is 12.7. The highest BCUT2D eigenvalue weighted by molar-refractivity contribution is 6.33. The zero-order chi connectivity index (χ0) is 14.1. The number of amides is 1. The van der Waals surface area contributed by atoms with Crippen LogP contribution in [0, 0.1) is 0 Å². The van der Waals surface area contributed by atoms with Crippen LogP contribution in [0.1, 0.15) is 6.92 Å². The number of carbonyl (C=O) groups is 1. The quantitative estimate of drug-likeness (QED) is 0.771. The number of benzene rings is 2. The molecule has 0 spiro atoms. The van der Waals surface area contributed by atoms with Crippen LogP contribution in [0.4, 0.5) is 5.69 Å². The van der Waals surface area contributed by atoms with E-state index in [9.17, 15) is 4.79 Å². The number of fused-ring (bicyclic) bond motifs is 1. The molecule has 1 N–H and O–H groups in total. The van der Waals surface area contributed by atoms with E-state index < -0.39 is 0 Å². The van der Waals surface area contributed by atoms with Gasteiger partial charge in [-0.25, -0.2) is 4.98 Å². The van der Waals surface area contributed by atoms with Crippen molar-refractivity contribution in [2.75, 3.05) is 5.32 Å². The summed E-state index contributed by atoms with van der Waals surface area (Å²) in [5, 5.41) is 3.29. The van der Waals surface area contributed by atoms with Crippen molar-refractivity contribution < 1.29 is 9.21 Å². The Hall–Kier alpha value is -2.33. The van der Waals surface area contributed by atoms with Crippen molar-refractivity contribution in [1.29, 1.82) is 0 Å². The van der Waals surface area contributed by atoms with Gasteiger partial charge in [-0.1, -0.05) is 23.7 Å². The molecular weight excluding hydrogens is 276 g/mol. The first-order chi connectivity index (χ1) is 9.63. The maximum atomic E-state index is 11.0. The lowest BCUT2D eigenvalue weighted by atomic mass is 10.2. The molecule has 100 valence electrons. The molecule has 1 amide bonds. The van der Waals surface area contributed by atoms with Crippen LogP contribution in [0.3, 0.4) is 0 Å². The van der Waals surface area contributed by atoms with Crippen LogP contribution >= 0.6 is 11.6 Å². The zero-order valence-electron chi connectivity index (χ0n) is 10.7. The van der Waals surface area contributed by atoms with E-state index in [2.05, 4.69) is 10.3 Å². The molecule has 3 aromatic rings. The summed E-state index contributed by atoms with van der Waals surface area (Å²) in [6.07, 6.45) is 0. The Morgan fingerprint density at radius 2 is 2.05 bits per heavy atom. The van der Waals surface area contributed by atoms with E-state index in [1.165, 1.54) is 6.92 Å². The summed E-state index contributed by atoms with van der Waals surface area (Å²) >= 11 is 6.13. The second kappa shape index (κ2) is 4.98. The van der Waals surface area contributed by atoms with Gasteiger partial charge in [-0.15, -0.1) is 0 Å². The largest absolute Gasteiger partial charge is 0.436 e. The van der Waals surface area contributed by atoms with Crippen molar-refractivity contribution >= 4 is 34.3 Å². The summed E-state index contributed by atoms with van der Waals surface area (Å²) in [6.45, 7) is 1.46. The van der Waals surface area contributed by atoms with Crippen LogP contribution in [0.25, 0.3) is 22.6 Å². The second-order valence-electron chi connectivity index (χ2n) is 4.36. The number of hydrogen-bond acceptors (Lipinski definition) is 3. The standard InChI is InChI=1S/C15H11ClN2O2/c1-9(19)17-10-6-7-13-14(8-10)20-15(18-13)11-4-2-3-5-12(11)16/h2-8H,1H3,(H,17,19). The van der Waals surface area contributed by atoms with Gasteiger partial charge in [-0.3, -0.25) is 4.79 Å². The van der Waals surface area contributed by atoms with Crippen LogP contribution in [0.2, 0.25) is 5.02 Å². The highest BCUT2D eigenvalue weighted by Crippen LogP contribution is 2.30. The molecule has 0 unspecified atom stereocenters. The Bertz CT molecular complexity index is 795. The highest BCUT2D eigenvalue weighted by Gasteiger charge is 2.11. The van der Waals surface area contributed by atoms with Crippen LogP contribution in [-0.2, 0) is 4.79 Å². The summed E-state index contributed by atoms with van der Waals surface area (Å²) in [5.74, 6) is 0.334. The Kier molecular flexibility index (Phi) is 3.16. The molecule has 0 aliphatic carbocycles. The fraction of sp³-hybridized carbons (Fsp3) is 0.0667. The highest BCUT2D eigenvalue weighted by atomic mass is 35.5. The molecule has 1 heterocycles. The maximum absolute atomic E-state index is 11.0. The van der Waals surface area contributed by atoms with Crippen LogP contribution in [0.15, 0.2) is 46.9 Å². The molecule has 3 rings (SSSR count). The van der Waals surface area contributed by atoms with Crippen LogP contribution < -0.4 is 5.32 Å². The molecule has 0 radical (unpaired) electrons. The lowest BCUT2D eigenvalue weighted by Crippen LogP contribution is -2.05. The molecule has 20 heavy (non-hydrogen) atoms. The third-order valence-corrected chi connectivity index (χ3v) is 3.14. The van der Waals surface area contributed by atoms with Crippen molar-refractivity contribution in [2.45, 2.75) is 6.92 Å². The molecule has 4 nitrogen and oxygen atoms in total. The van der Waals surface area contributed by atoms with Gasteiger partial charge in [0.2, 0.25) is 11.8 Å². The van der Waals surface area contributed by atoms with E-state index in [1.54, 1.807) is 24.3 Å². The number of hydrogen-bond donors (Lipinski definition) is 1. The van der Waals surface area contributed by atoms with Gasteiger partial charge in [0, 0.05) is 18.7 Å². The third kappa shape index (κ3) is 2.38. The predicted octanol–water partition coefficient (Wildman–Crippen LogP) is 4.11. The minimum atomic E-state index is -0.129. The lowest BCUT2D eigenvalue weighted by Gasteiger charge is -1.99. The van der Waals surface area contributed by atoms with Crippen molar-refractivity contribution in [3.8, 4) is 11.5 Å². The van der Waals surface area contributed by atoms with Gasteiger partial charge < -0.3 is 9.73 Å². The summed E-state index contributed by atoms with van der Waals surface area (Å²) in [6, 6.07) is 12.7. The fourth-order valence-corrected chi connectivity index (χ4v) is 2.17. The topological polar surface area (TPSA) is 55.1 Å². The minimum Gasteiger partial charge on any atom is -0.436 e. The Balaban J connectivity index is 2.07. The molecule has 0 aliphatic heterocycles. The molecule has 0 fully saturated rings. The number of carbonyl (C=O) groups excluding carboxylic acids is 1. The maximum Gasteiger partial charge on any atom is 0.228 e. The number of nitrogens with zero attached hydrogens (tertiary/aromatic N) is 1. The van der Waals surface area contributed by atoms with Gasteiger partial charge in [-0.05, 0) is 24.3 Å². The third-order valence-electron chi connectivity index (χ3n) is 2.81. The van der Waals surface area contributed by atoms with Crippen molar-refractivity contribution in [3.05, 3.63) is 47.5 Å². The molecule has 0 aliphatic rings. The number of rotatable bonds is 2. The summed E-state index contributed by atoms with van der Waals surface area (Å²) < 4.78 is 5.71.